The molecule has 0 fully saturated rings. The van der Waals surface area contributed by atoms with Gasteiger partial charge < -0.3 is 8.98 Å². The Morgan fingerprint density at radius 2 is 1.10 bits per heavy atom. The van der Waals surface area contributed by atoms with Crippen LogP contribution in [0.5, 0.6) is 0 Å². The highest BCUT2D eigenvalue weighted by Gasteiger charge is 2.19. The van der Waals surface area contributed by atoms with E-state index in [4.69, 9.17) is 9.40 Å². The van der Waals surface area contributed by atoms with Crippen LogP contribution in [0, 0.1) is 0 Å². The molecule has 224 valence electrons. The van der Waals surface area contributed by atoms with E-state index in [9.17, 15) is 0 Å². The zero-order chi connectivity index (χ0) is 31.6. The molecule has 0 aliphatic rings. The Bertz CT molecular complexity index is 2830. The highest BCUT2D eigenvalue weighted by atomic mass is 16.3. The van der Waals surface area contributed by atoms with Gasteiger partial charge in [0.15, 0.2) is 0 Å². The lowest BCUT2D eigenvalue weighted by Crippen LogP contribution is -1.93. The van der Waals surface area contributed by atoms with Crippen LogP contribution in [0.15, 0.2) is 174 Å². The largest absolute Gasteiger partial charge is 0.456 e. The van der Waals surface area contributed by atoms with E-state index in [-0.39, 0.29) is 0 Å². The summed E-state index contributed by atoms with van der Waals surface area (Å²) >= 11 is 0. The minimum Gasteiger partial charge on any atom is -0.456 e. The molecular weight excluding hydrogens is 585 g/mol. The Labute approximate surface area is 277 Å². The summed E-state index contributed by atoms with van der Waals surface area (Å²) in [4.78, 5) is 5.05. The van der Waals surface area contributed by atoms with Gasteiger partial charge in [-0.2, -0.15) is 0 Å². The van der Waals surface area contributed by atoms with Gasteiger partial charge in [0.1, 0.15) is 11.2 Å². The third kappa shape index (κ3) is 4.04. The van der Waals surface area contributed by atoms with Crippen LogP contribution in [0.4, 0.5) is 0 Å². The van der Waals surface area contributed by atoms with Crippen molar-refractivity contribution in [1.29, 1.82) is 0 Å². The molecule has 48 heavy (non-hydrogen) atoms. The Morgan fingerprint density at radius 3 is 1.96 bits per heavy atom. The first-order chi connectivity index (χ1) is 23.8. The van der Waals surface area contributed by atoms with E-state index >= 15 is 0 Å². The van der Waals surface area contributed by atoms with Gasteiger partial charge in [0.25, 0.3) is 0 Å². The van der Waals surface area contributed by atoms with Crippen molar-refractivity contribution in [3.63, 3.8) is 0 Å². The number of hydrogen-bond donors (Lipinski definition) is 0. The van der Waals surface area contributed by atoms with E-state index in [1.54, 1.807) is 0 Å². The van der Waals surface area contributed by atoms with Crippen molar-refractivity contribution >= 4 is 54.6 Å². The SMILES string of the molecule is c1ccc(-c2cc(-c3cccc4oc5cc(-n6c7ccccc7c7c(-c8ccccc8)cccc76)ccc5c34)c3ccccc3n2)cc1. The van der Waals surface area contributed by atoms with Crippen LogP contribution >= 0.6 is 0 Å². The molecule has 3 aromatic heterocycles. The van der Waals surface area contributed by atoms with Crippen LogP contribution in [-0.4, -0.2) is 9.55 Å². The molecular formula is C45H28N2O. The molecule has 3 heterocycles. The maximum Gasteiger partial charge on any atom is 0.137 e. The predicted octanol–water partition coefficient (Wildman–Crippen LogP) is 12.2. The quantitative estimate of drug-likeness (QED) is 0.198. The number of nitrogens with zero attached hydrogens (tertiary/aromatic N) is 2. The van der Waals surface area contributed by atoms with Crippen LogP contribution in [0.25, 0.3) is 93.8 Å². The molecule has 0 aliphatic carbocycles. The lowest BCUT2D eigenvalue weighted by molar-refractivity contribution is 0.668. The van der Waals surface area contributed by atoms with E-state index in [2.05, 4.69) is 168 Å². The fourth-order valence-corrected chi connectivity index (χ4v) is 7.49. The third-order valence-corrected chi connectivity index (χ3v) is 9.60. The van der Waals surface area contributed by atoms with Gasteiger partial charge in [-0.3, -0.25) is 0 Å². The summed E-state index contributed by atoms with van der Waals surface area (Å²) in [5, 5.41) is 5.82. The molecule has 0 spiro atoms. The van der Waals surface area contributed by atoms with Gasteiger partial charge in [0.2, 0.25) is 0 Å². The van der Waals surface area contributed by atoms with Gasteiger partial charge in [-0.1, -0.05) is 121 Å². The van der Waals surface area contributed by atoms with Crippen molar-refractivity contribution in [3.05, 3.63) is 170 Å². The highest BCUT2D eigenvalue weighted by molar-refractivity contribution is 6.17. The second-order valence-corrected chi connectivity index (χ2v) is 12.3. The van der Waals surface area contributed by atoms with Crippen molar-refractivity contribution < 1.29 is 4.42 Å². The molecule has 0 amide bonds. The molecule has 3 nitrogen and oxygen atoms in total. The Balaban J connectivity index is 1.20. The lowest BCUT2D eigenvalue weighted by Gasteiger charge is -2.12. The summed E-state index contributed by atoms with van der Waals surface area (Å²) in [7, 11) is 0. The predicted molar refractivity (Wildman–Crippen MR) is 200 cm³/mol. The van der Waals surface area contributed by atoms with Crippen LogP contribution in [0.3, 0.4) is 0 Å². The molecule has 3 heteroatoms. The fourth-order valence-electron chi connectivity index (χ4n) is 7.49. The Morgan fingerprint density at radius 1 is 0.417 bits per heavy atom. The highest BCUT2D eigenvalue weighted by Crippen LogP contribution is 2.43. The van der Waals surface area contributed by atoms with Gasteiger partial charge in [0.05, 0.1) is 22.2 Å². The van der Waals surface area contributed by atoms with E-state index in [1.807, 2.05) is 6.07 Å². The Hall–Kier alpha value is -6.45. The van der Waals surface area contributed by atoms with Gasteiger partial charge in [0, 0.05) is 44.2 Å². The summed E-state index contributed by atoms with van der Waals surface area (Å²) < 4.78 is 9.04. The van der Waals surface area contributed by atoms with Crippen molar-refractivity contribution in [2.45, 2.75) is 0 Å². The molecule has 0 atom stereocenters. The smallest absolute Gasteiger partial charge is 0.137 e. The van der Waals surface area contributed by atoms with Crippen LogP contribution in [0.1, 0.15) is 0 Å². The van der Waals surface area contributed by atoms with E-state index < -0.39 is 0 Å². The summed E-state index contributed by atoms with van der Waals surface area (Å²) in [6, 6.07) is 60.0. The molecule has 10 aromatic rings. The standard InChI is InChI=1S/C45H28N2O/c1-3-13-29(14-4-1)32-19-11-23-41-44(32)35-18-8-10-22-40(35)47(41)31-25-26-36-43(27-31)48-42-24-12-20-34(45(36)42)37-28-39(30-15-5-2-6-16-30)46-38-21-9-7-17-33(37)38/h1-28H. The molecule has 0 N–H and O–H groups in total. The second-order valence-electron chi connectivity index (χ2n) is 12.3. The molecule has 0 aliphatic heterocycles. The first-order valence-corrected chi connectivity index (χ1v) is 16.3. The number of benzene rings is 7. The van der Waals surface area contributed by atoms with Crippen molar-refractivity contribution in [2.24, 2.45) is 0 Å². The first-order valence-electron chi connectivity index (χ1n) is 16.3. The number of pyridine rings is 1. The minimum absolute atomic E-state index is 0.863. The van der Waals surface area contributed by atoms with Crippen LogP contribution in [0.2, 0.25) is 0 Å². The topological polar surface area (TPSA) is 31.0 Å². The summed E-state index contributed by atoms with van der Waals surface area (Å²) in [6.07, 6.45) is 0. The molecule has 0 bridgehead atoms. The van der Waals surface area contributed by atoms with Crippen molar-refractivity contribution in [3.8, 4) is 39.2 Å². The fraction of sp³-hybridized carbons (Fsp3) is 0. The molecule has 10 rings (SSSR count). The zero-order valence-electron chi connectivity index (χ0n) is 26.0. The van der Waals surface area contributed by atoms with Crippen LogP contribution in [-0.2, 0) is 0 Å². The van der Waals surface area contributed by atoms with Crippen LogP contribution < -0.4 is 0 Å². The Kier molecular flexibility index (Phi) is 5.87. The molecule has 0 radical (unpaired) electrons. The third-order valence-electron chi connectivity index (χ3n) is 9.60. The second kappa shape index (κ2) is 10.5. The normalized spacial score (nSPS) is 11.8. The molecule has 0 saturated carbocycles. The average molecular weight is 613 g/mol. The monoisotopic (exact) mass is 612 g/mol. The number of para-hydroxylation sites is 2. The number of aromatic nitrogens is 2. The summed E-state index contributed by atoms with van der Waals surface area (Å²) in [6.45, 7) is 0. The number of fused-ring (bicyclic) bond motifs is 7. The molecule has 0 saturated heterocycles. The maximum atomic E-state index is 6.67. The van der Waals surface area contributed by atoms with Crippen molar-refractivity contribution in [1.82, 2.24) is 9.55 Å². The number of furan rings is 1. The zero-order valence-corrected chi connectivity index (χ0v) is 26.0. The summed E-state index contributed by atoms with van der Waals surface area (Å²) in [5.74, 6) is 0. The van der Waals surface area contributed by atoms with Gasteiger partial charge >= 0.3 is 0 Å². The van der Waals surface area contributed by atoms with Gasteiger partial charge in [-0.05, 0) is 64.7 Å². The molecule has 7 aromatic carbocycles. The maximum absolute atomic E-state index is 6.67. The number of rotatable bonds is 4. The summed E-state index contributed by atoms with van der Waals surface area (Å²) in [5.41, 5.74) is 12.9. The number of hydrogen-bond acceptors (Lipinski definition) is 2. The van der Waals surface area contributed by atoms with E-state index in [0.717, 1.165) is 60.9 Å². The van der Waals surface area contributed by atoms with E-state index in [0.29, 0.717) is 0 Å². The first kappa shape index (κ1) is 26.7. The van der Waals surface area contributed by atoms with E-state index in [1.165, 1.54) is 32.9 Å². The minimum atomic E-state index is 0.863. The molecule has 0 unspecified atom stereocenters. The van der Waals surface area contributed by atoms with Gasteiger partial charge in [-0.25, -0.2) is 4.98 Å². The lowest BCUT2D eigenvalue weighted by atomic mass is 9.94. The van der Waals surface area contributed by atoms with Gasteiger partial charge in [-0.15, -0.1) is 0 Å². The average Bonchev–Trinajstić information content (AvgIpc) is 3.70. The van der Waals surface area contributed by atoms with Crippen molar-refractivity contribution in [2.75, 3.05) is 0 Å².